The Balaban J connectivity index is 1.78. The third-order valence-corrected chi connectivity index (χ3v) is 6.18. The van der Waals surface area contributed by atoms with Crippen LogP contribution in [0.25, 0.3) is 10.2 Å². The largest absolute Gasteiger partial charge is 0.493 e. The number of aromatic nitrogens is 2. The minimum Gasteiger partial charge on any atom is -0.493 e. The van der Waals surface area contributed by atoms with Crippen LogP contribution in [0.2, 0.25) is 0 Å². The maximum Gasteiger partial charge on any atom is 0.203 e. The van der Waals surface area contributed by atoms with Crippen LogP contribution < -0.4 is 19.5 Å². The first-order chi connectivity index (χ1) is 13.1. The van der Waals surface area contributed by atoms with E-state index < -0.39 is 0 Å². The molecule has 2 aromatic heterocycles. The van der Waals surface area contributed by atoms with Crippen LogP contribution in [0.5, 0.6) is 17.2 Å². The van der Waals surface area contributed by atoms with Gasteiger partial charge in [-0.25, -0.2) is 9.97 Å². The number of nitrogens with zero attached hydrogens (tertiary/aromatic N) is 2. The Bertz CT molecular complexity index is 961. The van der Waals surface area contributed by atoms with E-state index in [9.17, 15) is 0 Å². The second-order valence-electron chi connectivity index (χ2n) is 6.79. The Morgan fingerprint density at radius 1 is 1.07 bits per heavy atom. The minimum atomic E-state index is 0.570. The first-order valence-corrected chi connectivity index (χ1v) is 9.78. The SMILES string of the molecule is COc1cc(Nc2ncnc3sc4c(c23)CC[C@H](C)C4)cc(OC)c1OC. The number of nitrogens with one attached hydrogen (secondary N) is 1. The number of benzene rings is 1. The topological polar surface area (TPSA) is 65.5 Å². The molecule has 0 saturated heterocycles. The summed E-state index contributed by atoms with van der Waals surface area (Å²) in [4.78, 5) is 11.5. The van der Waals surface area contributed by atoms with Gasteiger partial charge in [-0.3, -0.25) is 0 Å². The zero-order valence-corrected chi connectivity index (χ0v) is 16.8. The van der Waals surface area contributed by atoms with Crippen molar-refractivity contribution in [2.45, 2.75) is 26.2 Å². The molecule has 0 aliphatic heterocycles. The summed E-state index contributed by atoms with van der Waals surface area (Å²) >= 11 is 1.79. The predicted octanol–water partition coefficient (Wildman–Crippen LogP) is 4.59. The van der Waals surface area contributed by atoms with Gasteiger partial charge in [0.2, 0.25) is 5.75 Å². The molecule has 0 unspecified atom stereocenters. The van der Waals surface area contributed by atoms with E-state index >= 15 is 0 Å². The Morgan fingerprint density at radius 3 is 2.48 bits per heavy atom. The molecule has 142 valence electrons. The van der Waals surface area contributed by atoms with Crippen molar-refractivity contribution in [3.63, 3.8) is 0 Å². The average molecular weight is 385 g/mol. The predicted molar refractivity (Wildman–Crippen MR) is 108 cm³/mol. The van der Waals surface area contributed by atoms with E-state index in [-0.39, 0.29) is 0 Å². The van der Waals surface area contributed by atoms with Crippen molar-refractivity contribution in [2.75, 3.05) is 26.6 Å². The van der Waals surface area contributed by atoms with E-state index in [2.05, 4.69) is 22.2 Å². The molecule has 0 fully saturated rings. The molecule has 0 spiro atoms. The number of fused-ring (bicyclic) bond motifs is 3. The lowest BCUT2D eigenvalue weighted by atomic mass is 9.89. The van der Waals surface area contributed by atoms with Crippen LogP contribution >= 0.6 is 11.3 Å². The van der Waals surface area contributed by atoms with Crippen LogP contribution in [0, 0.1) is 5.92 Å². The van der Waals surface area contributed by atoms with Crippen LogP contribution in [0.3, 0.4) is 0 Å². The Morgan fingerprint density at radius 2 is 1.81 bits per heavy atom. The van der Waals surface area contributed by atoms with Crippen molar-refractivity contribution in [2.24, 2.45) is 5.92 Å². The molecular formula is C20H23N3O3S. The summed E-state index contributed by atoms with van der Waals surface area (Å²) in [6.07, 6.45) is 5.03. The van der Waals surface area contributed by atoms with Gasteiger partial charge in [-0.2, -0.15) is 0 Å². The van der Waals surface area contributed by atoms with Gasteiger partial charge in [-0.1, -0.05) is 6.92 Å². The van der Waals surface area contributed by atoms with Gasteiger partial charge in [0, 0.05) is 22.7 Å². The van der Waals surface area contributed by atoms with Crippen molar-refractivity contribution < 1.29 is 14.2 Å². The Labute approximate surface area is 162 Å². The van der Waals surface area contributed by atoms with Crippen LogP contribution in [-0.2, 0) is 12.8 Å². The van der Waals surface area contributed by atoms with Crippen molar-refractivity contribution in [3.8, 4) is 17.2 Å². The first-order valence-electron chi connectivity index (χ1n) is 8.96. The van der Waals surface area contributed by atoms with E-state index in [1.165, 1.54) is 16.9 Å². The maximum atomic E-state index is 5.46. The molecule has 0 saturated carbocycles. The van der Waals surface area contributed by atoms with Crippen LogP contribution in [-0.4, -0.2) is 31.3 Å². The van der Waals surface area contributed by atoms with Gasteiger partial charge in [0.05, 0.1) is 26.7 Å². The van der Waals surface area contributed by atoms with Gasteiger partial charge in [0.25, 0.3) is 0 Å². The van der Waals surface area contributed by atoms with E-state index in [1.54, 1.807) is 39.0 Å². The maximum absolute atomic E-state index is 5.46. The Kier molecular flexibility index (Phi) is 4.78. The molecule has 4 rings (SSSR count). The lowest BCUT2D eigenvalue weighted by molar-refractivity contribution is 0.324. The zero-order valence-electron chi connectivity index (χ0n) is 16.0. The molecule has 1 aromatic carbocycles. The highest BCUT2D eigenvalue weighted by Crippen LogP contribution is 2.43. The molecule has 1 N–H and O–H groups in total. The zero-order chi connectivity index (χ0) is 19.0. The number of aryl methyl sites for hydroxylation is 1. The van der Waals surface area contributed by atoms with Crippen LogP contribution in [0.15, 0.2) is 18.5 Å². The van der Waals surface area contributed by atoms with Crippen LogP contribution in [0.4, 0.5) is 11.5 Å². The van der Waals surface area contributed by atoms with Crippen molar-refractivity contribution >= 4 is 33.1 Å². The number of ether oxygens (including phenoxy) is 3. The van der Waals surface area contributed by atoms with E-state index in [0.29, 0.717) is 17.2 Å². The fourth-order valence-electron chi connectivity index (χ4n) is 3.66. The fourth-order valence-corrected chi connectivity index (χ4v) is 5.01. The molecule has 0 bridgehead atoms. The van der Waals surface area contributed by atoms with Crippen molar-refractivity contribution in [1.82, 2.24) is 9.97 Å². The summed E-state index contributed by atoms with van der Waals surface area (Å²) < 4.78 is 16.3. The molecule has 0 amide bonds. The van der Waals surface area contributed by atoms with Crippen molar-refractivity contribution in [3.05, 3.63) is 28.9 Å². The highest BCUT2D eigenvalue weighted by atomic mass is 32.1. The molecule has 1 aliphatic rings. The molecule has 1 atom stereocenters. The minimum absolute atomic E-state index is 0.570. The third kappa shape index (κ3) is 3.16. The molecule has 1 aliphatic carbocycles. The average Bonchev–Trinajstić information content (AvgIpc) is 3.05. The third-order valence-electron chi connectivity index (χ3n) is 5.02. The normalized spacial score (nSPS) is 16.1. The summed E-state index contributed by atoms with van der Waals surface area (Å²) in [5.74, 6) is 3.32. The number of hydrogen-bond acceptors (Lipinski definition) is 7. The second kappa shape index (κ2) is 7.23. The molecule has 0 radical (unpaired) electrons. The standard InChI is InChI=1S/C20H23N3O3S/c1-11-5-6-13-16(7-11)27-20-17(13)19(21-10-22-20)23-12-8-14(24-2)18(26-4)15(9-12)25-3/h8-11H,5-7H2,1-4H3,(H,21,22,23)/t11-/m0/s1. The molecule has 6 nitrogen and oxygen atoms in total. The highest BCUT2D eigenvalue weighted by Gasteiger charge is 2.23. The van der Waals surface area contributed by atoms with Crippen molar-refractivity contribution in [1.29, 1.82) is 0 Å². The smallest absolute Gasteiger partial charge is 0.203 e. The summed E-state index contributed by atoms with van der Waals surface area (Å²) in [7, 11) is 4.82. The summed E-state index contributed by atoms with van der Waals surface area (Å²) in [6.45, 7) is 2.31. The van der Waals surface area contributed by atoms with Gasteiger partial charge in [0.1, 0.15) is 17.0 Å². The number of anilines is 2. The summed E-state index contributed by atoms with van der Waals surface area (Å²) in [5.41, 5.74) is 2.22. The monoisotopic (exact) mass is 385 g/mol. The Hall–Kier alpha value is -2.54. The van der Waals surface area contributed by atoms with Crippen LogP contribution in [0.1, 0.15) is 23.8 Å². The number of rotatable bonds is 5. The first kappa shape index (κ1) is 17.9. The number of thiophene rings is 1. The summed E-state index contributed by atoms with van der Waals surface area (Å²) in [6, 6.07) is 3.77. The summed E-state index contributed by atoms with van der Waals surface area (Å²) in [5, 5.41) is 4.57. The molecule has 27 heavy (non-hydrogen) atoms. The van der Waals surface area contributed by atoms with Gasteiger partial charge < -0.3 is 19.5 Å². The van der Waals surface area contributed by atoms with E-state index in [4.69, 9.17) is 14.2 Å². The molecule has 7 heteroatoms. The van der Waals surface area contributed by atoms with Gasteiger partial charge in [-0.05, 0) is 30.7 Å². The lowest BCUT2D eigenvalue weighted by Gasteiger charge is -2.18. The van der Waals surface area contributed by atoms with Gasteiger partial charge >= 0.3 is 0 Å². The van der Waals surface area contributed by atoms with Gasteiger partial charge in [0.15, 0.2) is 11.5 Å². The highest BCUT2D eigenvalue weighted by molar-refractivity contribution is 7.19. The van der Waals surface area contributed by atoms with Gasteiger partial charge in [-0.15, -0.1) is 11.3 Å². The van der Waals surface area contributed by atoms with E-state index in [1.807, 2.05) is 12.1 Å². The van der Waals surface area contributed by atoms with E-state index in [0.717, 1.165) is 40.5 Å². The lowest BCUT2D eigenvalue weighted by Crippen LogP contribution is -2.09. The molecule has 2 heterocycles. The fraction of sp³-hybridized carbons (Fsp3) is 0.400. The molecular weight excluding hydrogens is 362 g/mol. The number of hydrogen-bond donors (Lipinski definition) is 1. The quantitative estimate of drug-likeness (QED) is 0.693. The number of methoxy groups -OCH3 is 3. The molecule has 3 aromatic rings. The second-order valence-corrected chi connectivity index (χ2v) is 7.88.